The molecule has 2 unspecified atom stereocenters. The zero-order valence-corrected chi connectivity index (χ0v) is 12.2. The van der Waals surface area contributed by atoms with E-state index in [2.05, 4.69) is 44.2 Å². The second-order valence-electron chi connectivity index (χ2n) is 4.23. The molecule has 0 saturated heterocycles. The highest BCUT2D eigenvalue weighted by molar-refractivity contribution is 7.98. The van der Waals surface area contributed by atoms with Crippen molar-refractivity contribution in [3.63, 3.8) is 0 Å². The average molecular weight is 258 g/mol. The summed E-state index contributed by atoms with van der Waals surface area (Å²) in [6, 6.07) is 4.91. The highest BCUT2D eigenvalue weighted by Crippen LogP contribution is 2.28. The van der Waals surface area contributed by atoms with Crippen molar-refractivity contribution in [1.29, 1.82) is 0 Å². The van der Waals surface area contributed by atoms with Crippen molar-refractivity contribution in [3.8, 4) is 0 Å². The van der Waals surface area contributed by atoms with Gasteiger partial charge in [0.25, 0.3) is 0 Å². The summed E-state index contributed by atoms with van der Waals surface area (Å²) in [6.07, 6.45) is 2.14. The molecule has 0 aliphatic carbocycles. The van der Waals surface area contributed by atoms with Gasteiger partial charge in [0, 0.05) is 28.1 Å². The Balaban J connectivity index is 2.74. The molecule has 1 aromatic heterocycles. The Bertz CT molecular complexity index is 310. The molecule has 0 aromatic carbocycles. The predicted molar refractivity (Wildman–Crippen MR) is 76.5 cm³/mol. The lowest BCUT2D eigenvalue weighted by molar-refractivity contribution is 0.235. The topological polar surface area (TPSA) is 29.3 Å². The van der Waals surface area contributed by atoms with Crippen molar-refractivity contribution in [1.82, 2.24) is 4.90 Å². The van der Waals surface area contributed by atoms with Gasteiger partial charge in [0.2, 0.25) is 0 Å². The summed E-state index contributed by atoms with van der Waals surface area (Å²) in [6.45, 7) is 5.33. The van der Waals surface area contributed by atoms with Crippen LogP contribution in [-0.4, -0.2) is 36.5 Å². The number of likely N-dealkylation sites (N-methyl/N-ethyl adjacent to an activating group) is 1. The Labute approximate surface area is 107 Å². The number of aryl methyl sites for hydroxylation is 1. The molecular weight excluding hydrogens is 236 g/mol. The lowest BCUT2D eigenvalue weighted by atomic mass is 10.1. The number of thiophene rings is 1. The molecule has 92 valence electrons. The smallest absolute Gasteiger partial charge is 0.0588 e. The summed E-state index contributed by atoms with van der Waals surface area (Å²) in [7, 11) is 2.17. The maximum Gasteiger partial charge on any atom is 0.0588 e. The average Bonchev–Trinajstić information content (AvgIpc) is 2.61. The number of nitrogens with zero attached hydrogens (tertiary/aromatic N) is 1. The van der Waals surface area contributed by atoms with Crippen LogP contribution in [0.4, 0.5) is 0 Å². The van der Waals surface area contributed by atoms with Crippen molar-refractivity contribution in [2.24, 2.45) is 5.73 Å². The lowest BCUT2D eigenvalue weighted by Crippen LogP contribution is -2.37. The van der Waals surface area contributed by atoms with Crippen LogP contribution in [0.1, 0.15) is 22.7 Å². The van der Waals surface area contributed by atoms with Gasteiger partial charge in [-0.05, 0) is 39.3 Å². The lowest BCUT2D eigenvalue weighted by Gasteiger charge is -2.30. The molecular formula is C12H22N2S2. The third-order valence-electron chi connectivity index (χ3n) is 2.67. The summed E-state index contributed by atoms with van der Waals surface area (Å²) >= 11 is 3.74. The summed E-state index contributed by atoms with van der Waals surface area (Å²) < 4.78 is 0. The molecule has 0 amide bonds. The molecule has 0 aliphatic heterocycles. The second kappa shape index (κ2) is 6.64. The van der Waals surface area contributed by atoms with Gasteiger partial charge in [-0.25, -0.2) is 0 Å². The van der Waals surface area contributed by atoms with E-state index in [9.17, 15) is 0 Å². The van der Waals surface area contributed by atoms with E-state index < -0.39 is 0 Å². The molecule has 2 atom stereocenters. The molecule has 0 spiro atoms. The molecule has 4 heteroatoms. The van der Waals surface area contributed by atoms with Crippen LogP contribution in [0.2, 0.25) is 0 Å². The minimum atomic E-state index is 0.171. The van der Waals surface area contributed by atoms with Crippen LogP contribution in [0, 0.1) is 6.92 Å². The van der Waals surface area contributed by atoms with Gasteiger partial charge in [-0.3, -0.25) is 4.90 Å². The van der Waals surface area contributed by atoms with Gasteiger partial charge in [0.1, 0.15) is 0 Å². The SMILES string of the molecule is CSCCN(C)C(c1ccc(C)s1)C(C)N. The molecule has 0 fully saturated rings. The quantitative estimate of drug-likeness (QED) is 0.851. The van der Waals surface area contributed by atoms with Crippen LogP contribution in [0.15, 0.2) is 12.1 Å². The van der Waals surface area contributed by atoms with E-state index in [0.717, 1.165) is 12.3 Å². The Morgan fingerprint density at radius 3 is 2.62 bits per heavy atom. The van der Waals surface area contributed by atoms with Crippen molar-refractivity contribution < 1.29 is 0 Å². The standard InChI is InChI=1S/C12H22N2S2/c1-9-5-6-11(16-9)12(10(2)13)14(3)7-8-15-4/h5-6,10,12H,7-8,13H2,1-4H3. The van der Waals surface area contributed by atoms with Gasteiger partial charge in [0.15, 0.2) is 0 Å². The van der Waals surface area contributed by atoms with Crippen molar-refractivity contribution in [2.75, 3.05) is 25.6 Å². The molecule has 1 aromatic rings. The van der Waals surface area contributed by atoms with Gasteiger partial charge in [-0.15, -0.1) is 11.3 Å². The summed E-state index contributed by atoms with van der Waals surface area (Å²) in [5.41, 5.74) is 6.11. The van der Waals surface area contributed by atoms with E-state index in [1.807, 2.05) is 23.1 Å². The fourth-order valence-electron chi connectivity index (χ4n) is 1.86. The summed E-state index contributed by atoms with van der Waals surface area (Å²) in [4.78, 5) is 5.11. The van der Waals surface area contributed by atoms with Crippen molar-refractivity contribution >= 4 is 23.1 Å². The van der Waals surface area contributed by atoms with Gasteiger partial charge in [0.05, 0.1) is 6.04 Å². The fraction of sp³-hybridized carbons (Fsp3) is 0.667. The number of hydrogen-bond acceptors (Lipinski definition) is 4. The van der Waals surface area contributed by atoms with Crippen LogP contribution in [0.3, 0.4) is 0 Å². The zero-order chi connectivity index (χ0) is 12.1. The highest BCUT2D eigenvalue weighted by Gasteiger charge is 2.22. The van der Waals surface area contributed by atoms with Crippen LogP contribution in [-0.2, 0) is 0 Å². The van der Waals surface area contributed by atoms with Crippen LogP contribution >= 0.6 is 23.1 Å². The molecule has 16 heavy (non-hydrogen) atoms. The van der Waals surface area contributed by atoms with E-state index in [0.29, 0.717) is 6.04 Å². The first-order chi connectivity index (χ1) is 7.56. The van der Waals surface area contributed by atoms with Crippen LogP contribution < -0.4 is 5.73 Å². The first-order valence-corrected chi connectivity index (χ1v) is 7.78. The third kappa shape index (κ3) is 3.77. The number of hydrogen-bond donors (Lipinski definition) is 1. The zero-order valence-electron chi connectivity index (χ0n) is 10.6. The van der Waals surface area contributed by atoms with E-state index in [1.165, 1.54) is 9.75 Å². The molecule has 1 rings (SSSR count). The molecule has 0 radical (unpaired) electrons. The van der Waals surface area contributed by atoms with E-state index in [-0.39, 0.29) is 6.04 Å². The maximum absolute atomic E-state index is 6.11. The number of thioether (sulfide) groups is 1. The predicted octanol–water partition coefficient (Wildman–Crippen LogP) is 2.74. The van der Waals surface area contributed by atoms with Gasteiger partial charge >= 0.3 is 0 Å². The summed E-state index contributed by atoms with van der Waals surface area (Å²) in [5.74, 6) is 1.16. The molecule has 0 saturated carbocycles. The minimum absolute atomic E-state index is 0.171. The Morgan fingerprint density at radius 2 is 2.19 bits per heavy atom. The second-order valence-corrected chi connectivity index (χ2v) is 6.53. The molecule has 2 N–H and O–H groups in total. The maximum atomic E-state index is 6.11. The number of rotatable bonds is 6. The van der Waals surface area contributed by atoms with E-state index in [1.54, 1.807) is 0 Å². The monoisotopic (exact) mass is 258 g/mol. The highest BCUT2D eigenvalue weighted by atomic mass is 32.2. The third-order valence-corrected chi connectivity index (χ3v) is 4.34. The Hall–Kier alpha value is -0.0300. The number of nitrogens with two attached hydrogens (primary N) is 1. The van der Waals surface area contributed by atoms with Gasteiger partial charge < -0.3 is 5.73 Å². The molecule has 0 bridgehead atoms. The van der Waals surface area contributed by atoms with E-state index >= 15 is 0 Å². The van der Waals surface area contributed by atoms with Crippen molar-refractivity contribution in [3.05, 3.63) is 21.9 Å². The van der Waals surface area contributed by atoms with E-state index in [4.69, 9.17) is 5.73 Å². The molecule has 2 nitrogen and oxygen atoms in total. The van der Waals surface area contributed by atoms with Gasteiger partial charge in [-0.2, -0.15) is 11.8 Å². The fourth-order valence-corrected chi connectivity index (χ4v) is 3.49. The van der Waals surface area contributed by atoms with Crippen LogP contribution in [0.25, 0.3) is 0 Å². The molecule has 0 aliphatic rings. The van der Waals surface area contributed by atoms with Crippen molar-refractivity contribution in [2.45, 2.75) is 25.9 Å². The normalized spacial score (nSPS) is 15.4. The summed E-state index contributed by atoms with van der Waals surface area (Å²) in [5, 5.41) is 0. The first-order valence-electron chi connectivity index (χ1n) is 5.57. The minimum Gasteiger partial charge on any atom is -0.326 e. The van der Waals surface area contributed by atoms with Crippen LogP contribution in [0.5, 0.6) is 0 Å². The Kier molecular flexibility index (Phi) is 5.83. The molecule has 1 heterocycles. The largest absolute Gasteiger partial charge is 0.326 e. The Morgan fingerprint density at radius 1 is 1.50 bits per heavy atom. The van der Waals surface area contributed by atoms with Gasteiger partial charge in [-0.1, -0.05) is 0 Å². The first kappa shape index (κ1) is 14.0.